The van der Waals surface area contributed by atoms with Gasteiger partial charge >= 0.3 is 5.97 Å². The van der Waals surface area contributed by atoms with E-state index in [1.165, 1.54) is 0 Å². The maximum Gasteiger partial charge on any atom is 0.311 e. The van der Waals surface area contributed by atoms with E-state index < -0.39 is 11.4 Å². The highest BCUT2D eigenvalue weighted by atomic mass is 16.5. The Morgan fingerprint density at radius 1 is 1.57 bits per heavy atom. The van der Waals surface area contributed by atoms with Crippen LogP contribution < -0.4 is 0 Å². The predicted molar refractivity (Wildman–Crippen MR) is 77.0 cm³/mol. The molecule has 0 spiro atoms. The normalized spacial score (nSPS) is 29.5. The number of aliphatic carboxylic acids is 1. The number of ether oxygens (including phenoxy) is 1. The van der Waals surface area contributed by atoms with Crippen LogP contribution in [0.25, 0.3) is 0 Å². The fourth-order valence-electron chi connectivity index (χ4n) is 3.68. The Morgan fingerprint density at radius 3 is 3.10 bits per heavy atom. The van der Waals surface area contributed by atoms with Gasteiger partial charge in [0.1, 0.15) is 5.82 Å². The number of carbonyl (C=O) groups is 1. The van der Waals surface area contributed by atoms with Crippen molar-refractivity contribution in [2.45, 2.75) is 26.3 Å². The Morgan fingerprint density at radius 2 is 2.43 bits per heavy atom. The Hall–Kier alpha value is -1.40. The summed E-state index contributed by atoms with van der Waals surface area (Å²) in [5.74, 6) is 0.517. The van der Waals surface area contributed by atoms with Crippen molar-refractivity contribution in [1.82, 2.24) is 14.5 Å². The Labute approximate surface area is 124 Å². The fourth-order valence-corrected chi connectivity index (χ4v) is 3.68. The third-order valence-electron chi connectivity index (χ3n) is 5.00. The molecule has 21 heavy (non-hydrogen) atoms. The summed E-state index contributed by atoms with van der Waals surface area (Å²) in [6.07, 6.45) is 5.47. The topological polar surface area (TPSA) is 67.6 Å². The number of hydrogen-bond donors (Lipinski definition) is 1. The molecule has 2 fully saturated rings. The van der Waals surface area contributed by atoms with Crippen LogP contribution in [0.1, 0.15) is 18.7 Å². The molecule has 6 heteroatoms. The number of aromatic nitrogens is 2. The molecule has 0 radical (unpaired) electrons. The molecule has 0 unspecified atom stereocenters. The molecule has 0 amide bonds. The summed E-state index contributed by atoms with van der Waals surface area (Å²) >= 11 is 0. The molecule has 2 atom stereocenters. The van der Waals surface area contributed by atoms with Crippen molar-refractivity contribution in [3.05, 3.63) is 18.2 Å². The number of aryl methyl sites for hydroxylation is 2. The molecule has 0 saturated carbocycles. The molecule has 3 rings (SSSR count). The predicted octanol–water partition coefficient (Wildman–Crippen LogP) is 1.00. The summed E-state index contributed by atoms with van der Waals surface area (Å²) in [6, 6.07) is 0. The molecule has 3 heterocycles. The number of hydrogen-bond acceptors (Lipinski definition) is 4. The Bertz CT molecular complexity index is 516. The molecule has 1 aromatic heterocycles. The molecule has 116 valence electrons. The molecular weight excluding hydrogens is 270 g/mol. The van der Waals surface area contributed by atoms with Gasteiger partial charge in [-0.25, -0.2) is 4.98 Å². The van der Waals surface area contributed by atoms with E-state index in [9.17, 15) is 9.90 Å². The van der Waals surface area contributed by atoms with Gasteiger partial charge in [0.2, 0.25) is 0 Å². The number of likely N-dealkylation sites (tertiary alicyclic amines) is 1. The first-order chi connectivity index (χ1) is 10.1. The van der Waals surface area contributed by atoms with Gasteiger partial charge < -0.3 is 19.3 Å². The van der Waals surface area contributed by atoms with Crippen molar-refractivity contribution >= 4 is 5.97 Å². The first-order valence-electron chi connectivity index (χ1n) is 7.63. The van der Waals surface area contributed by atoms with Crippen LogP contribution in [0.4, 0.5) is 0 Å². The van der Waals surface area contributed by atoms with Crippen molar-refractivity contribution < 1.29 is 14.6 Å². The monoisotopic (exact) mass is 293 g/mol. The van der Waals surface area contributed by atoms with Crippen LogP contribution >= 0.6 is 0 Å². The minimum atomic E-state index is -0.649. The summed E-state index contributed by atoms with van der Waals surface area (Å²) in [5.41, 5.74) is -0.580. The first kappa shape index (κ1) is 14.5. The van der Waals surface area contributed by atoms with Crippen molar-refractivity contribution in [3.8, 4) is 0 Å². The first-order valence-corrected chi connectivity index (χ1v) is 7.63. The lowest BCUT2D eigenvalue weighted by atomic mass is 9.74. The maximum absolute atomic E-state index is 11.7. The summed E-state index contributed by atoms with van der Waals surface area (Å²) in [4.78, 5) is 18.2. The highest BCUT2D eigenvalue weighted by Gasteiger charge is 2.53. The van der Waals surface area contributed by atoms with Crippen LogP contribution in [-0.2, 0) is 16.1 Å². The highest BCUT2D eigenvalue weighted by molar-refractivity contribution is 5.76. The smallest absolute Gasteiger partial charge is 0.311 e. The van der Waals surface area contributed by atoms with Crippen molar-refractivity contribution in [2.24, 2.45) is 11.3 Å². The second-order valence-corrected chi connectivity index (χ2v) is 6.24. The third-order valence-corrected chi connectivity index (χ3v) is 5.00. The van der Waals surface area contributed by atoms with Gasteiger partial charge in [0, 0.05) is 44.6 Å². The molecule has 2 aliphatic rings. The molecular formula is C15H23N3O3. The van der Waals surface area contributed by atoms with Gasteiger partial charge in [-0.15, -0.1) is 0 Å². The molecule has 6 nitrogen and oxygen atoms in total. The average Bonchev–Trinajstić information content (AvgIpc) is 3.03. The summed E-state index contributed by atoms with van der Waals surface area (Å²) < 4.78 is 7.62. The highest BCUT2D eigenvalue weighted by Crippen LogP contribution is 2.42. The minimum absolute atomic E-state index is 0.138. The van der Waals surface area contributed by atoms with Crippen LogP contribution in [0.3, 0.4) is 0 Å². The SMILES string of the molecule is Cc1nccn1CCCN1C[C@@H]2COCC[C@]2(C(=O)O)C1. The van der Waals surface area contributed by atoms with Gasteiger partial charge in [-0.2, -0.15) is 0 Å². The maximum atomic E-state index is 11.7. The zero-order valence-electron chi connectivity index (χ0n) is 12.5. The van der Waals surface area contributed by atoms with Gasteiger partial charge in [-0.05, 0) is 26.3 Å². The van der Waals surface area contributed by atoms with Crippen LogP contribution in [0.5, 0.6) is 0 Å². The van der Waals surface area contributed by atoms with Crippen LogP contribution in [0.15, 0.2) is 12.4 Å². The van der Waals surface area contributed by atoms with Gasteiger partial charge in [0.15, 0.2) is 0 Å². The lowest BCUT2D eigenvalue weighted by Crippen LogP contribution is -2.44. The van der Waals surface area contributed by atoms with Crippen molar-refractivity contribution in [1.29, 1.82) is 0 Å². The molecule has 0 bridgehead atoms. The molecule has 2 saturated heterocycles. The quantitative estimate of drug-likeness (QED) is 0.877. The van der Waals surface area contributed by atoms with E-state index in [0.717, 1.165) is 31.9 Å². The largest absolute Gasteiger partial charge is 0.481 e. The molecule has 0 aromatic carbocycles. The molecule has 1 N–H and O–H groups in total. The van der Waals surface area contributed by atoms with Crippen molar-refractivity contribution in [3.63, 3.8) is 0 Å². The van der Waals surface area contributed by atoms with E-state index in [-0.39, 0.29) is 5.92 Å². The molecule has 0 aliphatic carbocycles. The lowest BCUT2D eigenvalue weighted by Gasteiger charge is -2.34. The van der Waals surface area contributed by atoms with Gasteiger partial charge in [-0.3, -0.25) is 4.79 Å². The number of imidazole rings is 1. The van der Waals surface area contributed by atoms with Crippen LogP contribution in [-0.4, -0.2) is 58.4 Å². The number of carboxylic acid groups (broad SMARTS) is 1. The fraction of sp³-hybridized carbons (Fsp3) is 0.733. The van der Waals surface area contributed by atoms with E-state index in [1.54, 1.807) is 0 Å². The zero-order chi connectivity index (χ0) is 14.9. The summed E-state index contributed by atoms with van der Waals surface area (Å²) in [6.45, 7) is 6.54. The minimum Gasteiger partial charge on any atom is -0.481 e. The van der Waals surface area contributed by atoms with Crippen LogP contribution in [0, 0.1) is 18.3 Å². The van der Waals surface area contributed by atoms with E-state index in [2.05, 4.69) is 14.5 Å². The van der Waals surface area contributed by atoms with Gasteiger partial charge in [-0.1, -0.05) is 0 Å². The van der Waals surface area contributed by atoms with E-state index >= 15 is 0 Å². The standard InChI is InChI=1S/C15H23N3O3/c1-12-16-4-7-18(12)6-2-5-17-9-13-10-21-8-3-15(13,11-17)14(19)20/h4,7,13H,2-3,5-6,8-11H2,1H3,(H,19,20)/t13-,15+/m1/s1. The number of rotatable bonds is 5. The second kappa shape index (κ2) is 5.77. The second-order valence-electron chi connectivity index (χ2n) is 6.24. The average molecular weight is 293 g/mol. The molecule has 2 aliphatic heterocycles. The molecule has 1 aromatic rings. The number of carboxylic acids is 1. The lowest BCUT2D eigenvalue weighted by molar-refractivity contribution is -0.157. The van der Waals surface area contributed by atoms with Gasteiger partial charge in [0.05, 0.1) is 12.0 Å². The summed E-state index contributed by atoms with van der Waals surface area (Å²) in [5, 5.41) is 9.63. The zero-order valence-corrected chi connectivity index (χ0v) is 12.5. The Kier molecular flexibility index (Phi) is 3.99. The van der Waals surface area contributed by atoms with E-state index in [0.29, 0.717) is 26.2 Å². The van der Waals surface area contributed by atoms with Crippen LogP contribution in [0.2, 0.25) is 0 Å². The number of nitrogens with zero attached hydrogens (tertiary/aromatic N) is 3. The van der Waals surface area contributed by atoms with Crippen molar-refractivity contribution in [2.75, 3.05) is 32.8 Å². The third kappa shape index (κ3) is 2.70. The van der Waals surface area contributed by atoms with E-state index in [4.69, 9.17) is 4.74 Å². The summed E-state index contributed by atoms with van der Waals surface area (Å²) in [7, 11) is 0. The number of fused-ring (bicyclic) bond motifs is 1. The van der Waals surface area contributed by atoms with E-state index in [1.807, 2.05) is 19.3 Å². The van der Waals surface area contributed by atoms with Gasteiger partial charge in [0.25, 0.3) is 0 Å². The Balaban J connectivity index is 1.56.